The van der Waals surface area contributed by atoms with Gasteiger partial charge in [-0.25, -0.2) is 4.57 Å². The van der Waals surface area contributed by atoms with Crippen molar-refractivity contribution >= 4 is 13.8 Å². The maximum atomic E-state index is 12.5. The number of carbonyl (C=O) groups is 1. The zero-order valence-corrected chi connectivity index (χ0v) is 32.6. The monoisotopic (exact) mass is 714 g/mol. The Morgan fingerprint density at radius 2 is 1.14 bits per heavy atom. The average molecular weight is 714 g/mol. The van der Waals surface area contributed by atoms with Crippen molar-refractivity contribution in [2.45, 2.75) is 180 Å². The number of unbranched alkanes of at least 4 members (excludes halogenated alkanes) is 19. The van der Waals surface area contributed by atoms with E-state index in [2.05, 4.69) is 50.3 Å². The second-order valence-electron chi connectivity index (χ2n) is 13.1. The van der Waals surface area contributed by atoms with Crippen LogP contribution in [0.25, 0.3) is 0 Å². The summed E-state index contributed by atoms with van der Waals surface area (Å²) in [6.45, 7) is 4.78. The highest BCUT2D eigenvalue weighted by Crippen LogP contribution is 2.43. The molecule has 0 bridgehead atoms. The lowest BCUT2D eigenvalue weighted by molar-refractivity contribution is -0.154. The number of rotatable bonds is 38. The first-order valence-electron chi connectivity index (χ1n) is 20.0. The van der Waals surface area contributed by atoms with Gasteiger partial charge in [0.05, 0.1) is 19.8 Å². The molecule has 0 saturated carbocycles. The third-order valence-electron chi connectivity index (χ3n) is 8.32. The molecule has 0 radical (unpaired) electrons. The highest BCUT2D eigenvalue weighted by atomic mass is 31.2. The van der Waals surface area contributed by atoms with Crippen LogP contribution in [0.15, 0.2) is 36.5 Å². The number of ether oxygens (including phenoxy) is 2. The fourth-order valence-corrected chi connectivity index (χ4v) is 6.19. The number of allylic oxidation sites excluding steroid dienone is 6. The maximum Gasteiger partial charge on any atom is 0.472 e. The first-order valence-corrected chi connectivity index (χ1v) is 21.5. The first-order chi connectivity index (χ1) is 23.9. The van der Waals surface area contributed by atoms with Gasteiger partial charge in [-0.3, -0.25) is 13.8 Å². The van der Waals surface area contributed by atoms with E-state index in [0.29, 0.717) is 6.61 Å². The Hall–Kier alpha value is -1.28. The van der Waals surface area contributed by atoms with Crippen molar-refractivity contribution in [3.05, 3.63) is 36.5 Å². The van der Waals surface area contributed by atoms with Crippen LogP contribution in [0, 0.1) is 0 Å². The van der Waals surface area contributed by atoms with Crippen LogP contribution >= 0.6 is 7.82 Å². The van der Waals surface area contributed by atoms with Crippen molar-refractivity contribution in [3.63, 3.8) is 0 Å². The lowest BCUT2D eigenvalue weighted by Crippen LogP contribution is -2.28. The molecule has 2 unspecified atom stereocenters. The molecule has 3 N–H and O–H groups in total. The smallest absolute Gasteiger partial charge is 0.457 e. The van der Waals surface area contributed by atoms with Gasteiger partial charge in [0.2, 0.25) is 0 Å². The summed E-state index contributed by atoms with van der Waals surface area (Å²) in [4.78, 5) is 22.4. The van der Waals surface area contributed by atoms with Gasteiger partial charge in [-0.15, -0.1) is 0 Å². The molecule has 0 aromatic carbocycles. The van der Waals surface area contributed by atoms with Gasteiger partial charge in [0.15, 0.2) is 0 Å². The first kappa shape index (κ1) is 47.7. The second kappa shape index (κ2) is 38.0. The summed E-state index contributed by atoms with van der Waals surface area (Å²) in [7, 11) is -4.28. The molecule has 8 nitrogen and oxygen atoms in total. The van der Waals surface area contributed by atoms with E-state index < -0.39 is 13.9 Å². The van der Waals surface area contributed by atoms with Crippen LogP contribution in [-0.4, -0.2) is 49.9 Å². The van der Waals surface area contributed by atoms with E-state index >= 15 is 0 Å². The van der Waals surface area contributed by atoms with Gasteiger partial charge in [0, 0.05) is 19.6 Å². The summed E-state index contributed by atoms with van der Waals surface area (Å²) in [6.07, 6.45) is 41.6. The molecular formula is C40H76NO7P. The number of esters is 1. The van der Waals surface area contributed by atoms with Crippen LogP contribution in [-0.2, 0) is 27.9 Å². The number of phosphoric acid groups is 1. The number of hydrogen-bond acceptors (Lipinski definition) is 7. The maximum absolute atomic E-state index is 12.5. The standard InChI is InChI=1S/C40H76NO7P/c1-3-5-7-9-11-13-15-17-18-19-20-22-24-26-28-30-32-35-45-37-39(38-47-49(43,44)46-36-34-41)48-40(42)33-31-29-27-25-23-21-16-14-12-10-8-6-4-2/h6,8,12,14,21,23,39H,3-5,7,9-11,13,15-20,22,24-38,41H2,1-2H3,(H,43,44)/b8-6-,14-12-,23-21-. The minimum Gasteiger partial charge on any atom is -0.457 e. The third kappa shape index (κ3) is 37.8. The summed E-state index contributed by atoms with van der Waals surface area (Å²) >= 11 is 0. The fourth-order valence-electron chi connectivity index (χ4n) is 5.42. The SMILES string of the molecule is CC/C=C\C/C=C\C/C=C\CCCCCC(=O)OC(COCCCCCCCCCCCCCCCCCCC)COP(=O)(O)OCCN. The van der Waals surface area contributed by atoms with Crippen LogP contribution in [0.2, 0.25) is 0 Å². The van der Waals surface area contributed by atoms with Gasteiger partial charge >= 0.3 is 13.8 Å². The molecule has 0 rings (SSSR count). The molecule has 49 heavy (non-hydrogen) atoms. The molecule has 0 fully saturated rings. The largest absolute Gasteiger partial charge is 0.472 e. The Labute approximate surface area is 301 Å². The normalized spacial score (nSPS) is 14.0. The van der Waals surface area contributed by atoms with Crippen LogP contribution in [0.1, 0.15) is 174 Å². The summed E-state index contributed by atoms with van der Waals surface area (Å²) < 4.78 is 33.3. The summed E-state index contributed by atoms with van der Waals surface area (Å²) in [5, 5.41) is 0. The Morgan fingerprint density at radius 1 is 0.633 bits per heavy atom. The van der Waals surface area contributed by atoms with Crippen molar-refractivity contribution in [1.29, 1.82) is 0 Å². The van der Waals surface area contributed by atoms with Gasteiger partial charge in [0.25, 0.3) is 0 Å². The van der Waals surface area contributed by atoms with E-state index in [1.165, 1.54) is 96.3 Å². The topological polar surface area (TPSA) is 117 Å². The van der Waals surface area contributed by atoms with Crippen LogP contribution in [0.4, 0.5) is 0 Å². The number of nitrogens with two attached hydrogens (primary N) is 1. The third-order valence-corrected chi connectivity index (χ3v) is 9.31. The Bertz CT molecular complexity index is 848. The average Bonchev–Trinajstić information content (AvgIpc) is 3.09. The molecule has 0 aromatic rings. The highest BCUT2D eigenvalue weighted by molar-refractivity contribution is 7.47. The van der Waals surface area contributed by atoms with Crippen molar-refractivity contribution in [2.24, 2.45) is 5.73 Å². The predicted octanol–water partition coefficient (Wildman–Crippen LogP) is 11.5. The zero-order valence-electron chi connectivity index (χ0n) is 31.7. The van der Waals surface area contributed by atoms with Crippen LogP contribution < -0.4 is 5.73 Å². The fraction of sp³-hybridized carbons (Fsp3) is 0.825. The Morgan fingerprint density at radius 3 is 1.69 bits per heavy atom. The summed E-state index contributed by atoms with van der Waals surface area (Å²) in [6, 6.07) is 0. The lowest BCUT2D eigenvalue weighted by Gasteiger charge is -2.20. The zero-order chi connectivity index (χ0) is 35.9. The number of carbonyl (C=O) groups excluding carboxylic acids is 1. The minimum atomic E-state index is -4.28. The Kier molecular flexibility index (Phi) is 37.0. The Balaban J connectivity index is 4.07. The van der Waals surface area contributed by atoms with Crippen LogP contribution in [0.3, 0.4) is 0 Å². The van der Waals surface area contributed by atoms with Gasteiger partial charge in [-0.05, 0) is 44.9 Å². The number of phosphoric ester groups is 1. The van der Waals surface area contributed by atoms with E-state index in [0.717, 1.165) is 57.8 Å². The molecule has 9 heteroatoms. The van der Waals surface area contributed by atoms with Crippen molar-refractivity contribution in [2.75, 3.05) is 33.0 Å². The second-order valence-corrected chi connectivity index (χ2v) is 14.6. The molecule has 0 heterocycles. The van der Waals surface area contributed by atoms with E-state index in [1.54, 1.807) is 0 Å². The predicted molar refractivity (Wildman–Crippen MR) is 206 cm³/mol. The van der Waals surface area contributed by atoms with Crippen molar-refractivity contribution in [3.8, 4) is 0 Å². The summed E-state index contributed by atoms with van der Waals surface area (Å²) in [5.74, 6) is -0.358. The molecule has 0 saturated heterocycles. The molecule has 0 spiro atoms. The van der Waals surface area contributed by atoms with Crippen molar-refractivity contribution in [1.82, 2.24) is 0 Å². The van der Waals surface area contributed by atoms with E-state index in [9.17, 15) is 14.3 Å². The molecule has 0 aliphatic rings. The quantitative estimate of drug-likeness (QED) is 0.0281. The highest BCUT2D eigenvalue weighted by Gasteiger charge is 2.25. The van der Waals surface area contributed by atoms with Gasteiger partial charge < -0.3 is 20.1 Å². The minimum absolute atomic E-state index is 0.0958. The van der Waals surface area contributed by atoms with Gasteiger partial charge in [-0.1, -0.05) is 159 Å². The van der Waals surface area contributed by atoms with Gasteiger partial charge in [-0.2, -0.15) is 0 Å². The molecule has 0 amide bonds. The molecule has 0 aliphatic heterocycles. The molecule has 2 atom stereocenters. The van der Waals surface area contributed by atoms with Crippen LogP contribution in [0.5, 0.6) is 0 Å². The molecule has 0 aliphatic carbocycles. The molecule has 0 aromatic heterocycles. The number of hydrogen-bond donors (Lipinski definition) is 2. The summed E-state index contributed by atoms with van der Waals surface area (Å²) in [5.41, 5.74) is 5.35. The molecular weight excluding hydrogens is 637 g/mol. The van der Waals surface area contributed by atoms with Crippen molar-refractivity contribution < 1.29 is 32.8 Å². The van der Waals surface area contributed by atoms with Gasteiger partial charge in [0.1, 0.15) is 6.10 Å². The van der Waals surface area contributed by atoms with E-state index in [-0.39, 0.29) is 38.8 Å². The lowest BCUT2D eigenvalue weighted by atomic mass is 10.0. The molecule has 288 valence electrons. The van der Waals surface area contributed by atoms with E-state index in [1.807, 2.05) is 0 Å². The van der Waals surface area contributed by atoms with E-state index in [4.69, 9.17) is 24.3 Å².